The zero-order valence-corrected chi connectivity index (χ0v) is 19.4. The minimum atomic E-state index is -0.203. The van der Waals surface area contributed by atoms with Crippen LogP contribution in [-0.2, 0) is 11.3 Å². The molecule has 168 valence electrons. The number of benzene rings is 2. The number of carbonyl (C=O) groups excluding carboxylic acids is 1. The summed E-state index contributed by atoms with van der Waals surface area (Å²) < 4.78 is 11.4. The Balaban J connectivity index is 1.87. The fraction of sp³-hybridized carbons (Fsp3) is 0.333. The van der Waals surface area contributed by atoms with E-state index in [-0.39, 0.29) is 12.0 Å². The SMILES string of the molecule is CC/C(=C\C=C(/C)OCc1ccccc1)CCNC(=O)c1ccc(OC(C)C)c(C#N)c1. The highest BCUT2D eigenvalue weighted by Gasteiger charge is 2.11. The summed E-state index contributed by atoms with van der Waals surface area (Å²) in [5.74, 6) is 1.13. The number of nitrogens with one attached hydrogen (secondary N) is 1. The highest BCUT2D eigenvalue weighted by molar-refractivity contribution is 5.94. The molecule has 0 aromatic heterocycles. The molecular formula is C27H32N2O3. The average molecular weight is 433 g/mol. The third kappa shape index (κ3) is 8.31. The van der Waals surface area contributed by atoms with Gasteiger partial charge in [-0.15, -0.1) is 0 Å². The number of hydrogen-bond donors (Lipinski definition) is 1. The van der Waals surface area contributed by atoms with E-state index in [1.54, 1.807) is 18.2 Å². The van der Waals surface area contributed by atoms with Crippen molar-refractivity contribution in [2.75, 3.05) is 6.54 Å². The molecule has 0 saturated carbocycles. The van der Waals surface area contributed by atoms with Gasteiger partial charge in [0.1, 0.15) is 18.4 Å². The first kappa shape index (κ1) is 24.7. The monoisotopic (exact) mass is 432 g/mol. The number of ether oxygens (including phenoxy) is 2. The van der Waals surface area contributed by atoms with Crippen LogP contribution in [0.2, 0.25) is 0 Å². The first-order chi connectivity index (χ1) is 15.4. The maximum atomic E-state index is 12.5. The van der Waals surface area contributed by atoms with Crippen LogP contribution in [0.1, 0.15) is 62.0 Å². The molecule has 1 amide bonds. The largest absolute Gasteiger partial charge is 0.494 e. The van der Waals surface area contributed by atoms with Crippen LogP contribution < -0.4 is 10.1 Å². The third-order valence-electron chi connectivity index (χ3n) is 4.77. The van der Waals surface area contributed by atoms with Crippen molar-refractivity contribution in [1.29, 1.82) is 5.26 Å². The van der Waals surface area contributed by atoms with Crippen LogP contribution in [0.3, 0.4) is 0 Å². The van der Waals surface area contributed by atoms with Crippen molar-refractivity contribution in [3.8, 4) is 11.8 Å². The van der Waals surface area contributed by atoms with Crippen LogP contribution >= 0.6 is 0 Å². The van der Waals surface area contributed by atoms with E-state index in [1.165, 1.54) is 5.57 Å². The lowest BCUT2D eigenvalue weighted by molar-refractivity contribution is 0.0954. The van der Waals surface area contributed by atoms with Crippen molar-refractivity contribution >= 4 is 5.91 Å². The molecule has 0 unspecified atom stereocenters. The van der Waals surface area contributed by atoms with Gasteiger partial charge in [-0.3, -0.25) is 4.79 Å². The van der Waals surface area contributed by atoms with Gasteiger partial charge in [0.2, 0.25) is 0 Å². The van der Waals surface area contributed by atoms with E-state index in [4.69, 9.17) is 9.47 Å². The first-order valence-corrected chi connectivity index (χ1v) is 10.9. The Bertz CT molecular complexity index is 986. The zero-order chi connectivity index (χ0) is 23.3. The van der Waals surface area contributed by atoms with Crippen molar-refractivity contribution < 1.29 is 14.3 Å². The molecule has 5 nitrogen and oxygen atoms in total. The van der Waals surface area contributed by atoms with Crippen molar-refractivity contribution in [2.24, 2.45) is 0 Å². The molecule has 0 aliphatic heterocycles. The van der Waals surface area contributed by atoms with Gasteiger partial charge >= 0.3 is 0 Å². The molecule has 2 rings (SSSR count). The lowest BCUT2D eigenvalue weighted by Crippen LogP contribution is -2.24. The Labute approximate surface area is 191 Å². The predicted octanol–water partition coefficient (Wildman–Crippen LogP) is 5.92. The van der Waals surface area contributed by atoms with Gasteiger partial charge in [-0.2, -0.15) is 5.26 Å². The maximum Gasteiger partial charge on any atom is 0.251 e. The smallest absolute Gasteiger partial charge is 0.251 e. The number of hydrogen-bond acceptors (Lipinski definition) is 4. The van der Waals surface area contributed by atoms with Crippen LogP contribution in [0.4, 0.5) is 0 Å². The molecule has 32 heavy (non-hydrogen) atoms. The molecule has 2 aromatic carbocycles. The highest BCUT2D eigenvalue weighted by atomic mass is 16.5. The summed E-state index contributed by atoms with van der Waals surface area (Å²) in [6.45, 7) is 8.88. The Morgan fingerprint density at radius 3 is 2.56 bits per heavy atom. The number of nitrogens with zero attached hydrogens (tertiary/aromatic N) is 1. The molecule has 0 aliphatic carbocycles. The fourth-order valence-corrected chi connectivity index (χ4v) is 2.99. The Morgan fingerprint density at radius 2 is 1.91 bits per heavy atom. The van der Waals surface area contributed by atoms with Crippen LogP contribution in [0.5, 0.6) is 5.75 Å². The fourth-order valence-electron chi connectivity index (χ4n) is 2.99. The Kier molecular flexibility index (Phi) is 10.1. The molecule has 0 aliphatic rings. The molecule has 1 N–H and O–H groups in total. The highest BCUT2D eigenvalue weighted by Crippen LogP contribution is 2.21. The van der Waals surface area contributed by atoms with Crippen LogP contribution in [-0.4, -0.2) is 18.6 Å². The lowest BCUT2D eigenvalue weighted by Gasteiger charge is -2.12. The number of allylic oxidation sites excluding steroid dienone is 3. The number of nitriles is 1. The molecule has 2 aromatic rings. The summed E-state index contributed by atoms with van der Waals surface area (Å²) in [6, 6.07) is 17.1. The average Bonchev–Trinajstić information content (AvgIpc) is 2.80. The first-order valence-electron chi connectivity index (χ1n) is 10.9. The summed E-state index contributed by atoms with van der Waals surface area (Å²) in [5, 5.41) is 12.3. The van der Waals surface area contributed by atoms with Gasteiger partial charge in [0.15, 0.2) is 0 Å². The van der Waals surface area contributed by atoms with Gasteiger partial charge in [0, 0.05) is 12.1 Å². The van der Waals surface area contributed by atoms with Crippen molar-refractivity contribution in [3.05, 3.63) is 88.7 Å². The van der Waals surface area contributed by atoms with Crippen molar-refractivity contribution in [3.63, 3.8) is 0 Å². The second-order valence-corrected chi connectivity index (χ2v) is 7.73. The topological polar surface area (TPSA) is 71.3 Å². The van der Waals surface area contributed by atoms with Gasteiger partial charge < -0.3 is 14.8 Å². The molecule has 0 fully saturated rings. The standard InChI is InChI=1S/C27H32N2O3/c1-5-22(12-11-21(4)31-19-23-9-7-6-8-10-23)15-16-29-27(30)24-13-14-26(32-20(2)3)25(17-24)18-28/h6-14,17,20H,5,15-16,19H2,1-4H3,(H,29,30)/b21-11+,22-12+. The molecule has 0 heterocycles. The van der Waals surface area contributed by atoms with Gasteiger partial charge in [-0.05, 0) is 63.5 Å². The van der Waals surface area contributed by atoms with Gasteiger partial charge in [-0.25, -0.2) is 0 Å². The van der Waals surface area contributed by atoms with E-state index >= 15 is 0 Å². The van der Waals surface area contributed by atoms with Gasteiger partial charge in [-0.1, -0.05) is 48.9 Å². The number of rotatable bonds is 11. The van der Waals surface area contributed by atoms with E-state index in [0.717, 1.165) is 24.2 Å². The number of carbonyl (C=O) groups is 1. The number of amides is 1. The molecule has 0 saturated heterocycles. The van der Waals surface area contributed by atoms with Crippen LogP contribution in [0, 0.1) is 11.3 Å². The minimum absolute atomic E-state index is 0.0394. The summed E-state index contributed by atoms with van der Waals surface area (Å²) in [4.78, 5) is 12.5. The maximum absolute atomic E-state index is 12.5. The van der Waals surface area contributed by atoms with Crippen molar-refractivity contribution in [2.45, 2.75) is 53.2 Å². The van der Waals surface area contributed by atoms with E-state index in [0.29, 0.717) is 30.0 Å². The summed E-state index contributed by atoms with van der Waals surface area (Å²) in [5.41, 5.74) is 3.15. The molecule has 0 spiro atoms. The minimum Gasteiger partial charge on any atom is -0.494 e. The van der Waals surface area contributed by atoms with E-state index in [9.17, 15) is 10.1 Å². The van der Waals surface area contributed by atoms with Crippen LogP contribution in [0.25, 0.3) is 0 Å². The molecule has 0 bridgehead atoms. The quantitative estimate of drug-likeness (QED) is 0.353. The Hall–Kier alpha value is -3.52. The molecule has 5 heteroatoms. The lowest BCUT2D eigenvalue weighted by atomic mass is 10.1. The van der Waals surface area contributed by atoms with E-state index < -0.39 is 0 Å². The van der Waals surface area contributed by atoms with Gasteiger partial charge in [0.25, 0.3) is 5.91 Å². The second-order valence-electron chi connectivity index (χ2n) is 7.73. The zero-order valence-electron chi connectivity index (χ0n) is 19.4. The Morgan fingerprint density at radius 1 is 1.16 bits per heavy atom. The molecular weight excluding hydrogens is 400 g/mol. The van der Waals surface area contributed by atoms with Crippen LogP contribution in [0.15, 0.2) is 72.0 Å². The van der Waals surface area contributed by atoms with E-state index in [2.05, 4.69) is 24.4 Å². The summed E-state index contributed by atoms with van der Waals surface area (Å²) >= 11 is 0. The second kappa shape index (κ2) is 13.0. The summed E-state index contributed by atoms with van der Waals surface area (Å²) in [6.07, 6.45) is 5.61. The normalized spacial score (nSPS) is 11.8. The van der Waals surface area contributed by atoms with E-state index in [1.807, 2.05) is 57.2 Å². The van der Waals surface area contributed by atoms with Crippen molar-refractivity contribution in [1.82, 2.24) is 5.32 Å². The summed E-state index contributed by atoms with van der Waals surface area (Å²) in [7, 11) is 0. The molecule has 0 atom stereocenters. The predicted molar refractivity (Wildman–Crippen MR) is 127 cm³/mol. The molecule has 0 radical (unpaired) electrons. The third-order valence-corrected chi connectivity index (χ3v) is 4.77. The van der Waals surface area contributed by atoms with Gasteiger partial charge in [0.05, 0.1) is 17.4 Å².